The first kappa shape index (κ1) is 20.8. The summed E-state index contributed by atoms with van der Waals surface area (Å²) in [5.74, 6) is -1.64. The van der Waals surface area contributed by atoms with Crippen LogP contribution in [0.15, 0.2) is 72.8 Å². The van der Waals surface area contributed by atoms with E-state index < -0.39 is 30.3 Å². The van der Waals surface area contributed by atoms with Crippen molar-refractivity contribution in [3.05, 3.63) is 89.5 Å². The van der Waals surface area contributed by atoms with Crippen molar-refractivity contribution in [3.8, 4) is 5.75 Å². The van der Waals surface area contributed by atoms with E-state index in [4.69, 9.17) is 9.47 Å². The third kappa shape index (κ3) is 4.06. The normalized spacial score (nSPS) is 12.3. The van der Waals surface area contributed by atoms with Crippen LogP contribution in [0.2, 0.25) is 0 Å². The fraction of sp³-hybridized carbons (Fsp3) is 0.0833. The number of nitrogens with zero attached hydrogens (tertiary/aromatic N) is 1. The number of imide groups is 1. The first-order chi connectivity index (χ1) is 15.5. The number of benzene rings is 3. The first-order valence-electron chi connectivity index (χ1n) is 9.67. The molecule has 1 aliphatic rings. The molecule has 0 saturated carbocycles. The molecule has 4 rings (SSSR count). The summed E-state index contributed by atoms with van der Waals surface area (Å²) in [5.41, 5.74) is 1.46. The number of methoxy groups -OCH3 is 1. The van der Waals surface area contributed by atoms with E-state index >= 15 is 0 Å². The number of hydrogen-bond donors (Lipinski definition) is 1. The van der Waals surface area contributed by atoms with E-state index in [2.05, 4.69) is 5.32 Å². The third-order valence-electron chi connectivity index (χ3n) is 4.82. The van der Waals surface area contributed by atoms with Gasteiger partial charge in [-0.1, -0.05) is 24.3 Å². The van der Waals surface area contributed by atoms with Crippen molar-refractivity contribution in [2.24, 2.45) is 0 Å². The zero-order valence-corrected chi connectivity index (χ0v) is 17.0. The maximum Gasteiger partial charge on any atom is 0.338 e. The van der Waals surface area contributed by atoms with Gasteiger partial charge in [0.25, 0.3) is 17.7 Å². The molecule has 3 aromatic rings. The number of rotatable bonds is 6. The number of nitrogens with one attached hydrogen (secondary N) is 1. The van der Waals surface area contributed by atoms with Gasteiger partial charge >= 0.3 is 5.97 Å². The molecule has 1 aliphatic heterocycles. The van der Waals surface area contributed by atoms with Crippen LogP contribution in [-0.2, 0) is 9.53 Å². The van der Waals surface area contributed by atoms with Crippen LogP contribution in [0.3, 0.4) is 0 Å². The fourth-order valence-corrected chi connectivity index (χ4v) is 3.31. The quantitative estimate of drug-likeness (QED) is 0.476. The molecule has 1 heterocycles. The minimum atomic E-state index is -0.760. The van der Waals surface area contributed by atoms with Crippen LogP contribution in [0.25, 0.3) is 0 Å². The molecular weight excluding hydrogens is 412 g/mol. The van der Waals surface area contributed by atoms with Gasteiger partial charge in [0.1, 0.15) is 5.75 Å². The van der Waals surface area contributed by atoms with E-state index in [0.29, 0.717) is 22.6 Å². The second kappa shape index (κ2) is 8.73. The summed E-state index contributed by atoms with van der Waals surface area (Å²) in [7, 11) is 1.51. The summed E-state index contributed by atoms with van der Waals surface area (Å²) in [5, 5.41) is 2.61. The molecule has 0 fully saturated rings. The van der Waals surface area contributed by atoms with E-state index in [1.165, 1.54) is 25.3 Å². The molecule has 8 heteroatoms. The molecule has 0 aliphatic carbocycles. The molecule has 3 amide bonds. The van der Waals surface area contributed by atoms with E-state index in [9.17, 15) is 19.2 Å². The standard InChI is InChI=1S/C24H18N2O6/c1-31-18-9-5-7-16(13-18)25-21(27)14-32-24(30)15-6-4-8-17(12-15)26-22(28)19-10-2-3-11-20(19)23(26)29/h2-13H,14H2,1H3,(H,25,27). The molecular formula is C24H18N2O6. The molecule has 1 N–H and O–H groups in total. The lowest BCUT2D eigenvalue weighted by atomic mass is 10.1. The van der Waals surface area contributed by atoms with Gasteiger partial charge < -0.3 is 14.8 Å². The summed E-state index contributed by atoms with van der Waals surface area (Å²) >= 11 is 0. The fourth-order valence-electron chi connectivity index (χ4n) is 3.31. The van der Waals surface area contributed by atoms with Gasteiger partial charge in [0, 0.05) is 11.8 Å². The molecule has 0 atom stereocenters. The Morgan fingerprint density at radius 3 is 2.25 bits per heavy atom. The molecule has 0 saturated heterocycles. The zero-order chi connectivity index (χ0) is 22.7. The highest BCUT2D eigenvalue weighted by Gasteiger charge is 2.36. The number of esters is 1. The van der Waals surface area contributed by atoms with Crippen molar-refractivity contribution in [3.63, 3.8) is 0 Å². The summed E-state index contributed by atoms with van der Waals surface area (Å²) in [6.45, 7) is -0.507. The lowest BCUT2D eigenvalue weighted by Crippen LogP contribution is -2.29. The Labute approximate surface area is 183 Å². The zero-order valence-electron chi connectivity index (χ0n) is 17.0. The van der Waals surface area contributed by atoms with Crippen molar-refractivity contribution < 1.29 is 28.7 Å². The number of fused-ring (bicyclic) bond motifs is 1. The topological polar surface area (TPSA) is 102 Å². The Balaban J connectivity index is 1.42. The van der Waals surface area contributed by atoms with Gasteiger partial charge in [-0.15, -0.1) is 0 Å². The van der Waals surface area contributed by atoms with Gasteiger partial charge in [0.2, 0.25) is 0 Å². The maximum absolute atomic E-state index is 12.7. The van der Waals surface area contributed by atoms with E-state index in [-0.39, 0.29) is 11.3 Å². The molecule has 0 aromatic heterocycles. The minimum absolute atomic E-state index is 0.105. The van der Waals surface area contributed by atoms with Crippen molar-refractivity contribution in [2.45, 2.75) is 0 Å². The molecule has 160 valence electrons. The molecule has 0 radical (unpaired) electrons. The van der Waals surface area contributed by atoms with Gasteiger partial charge in [0.15, 0.2) is 6.61 Å². The van der Waals surface area contributed by atoms with Gasteiger partial charge in [-0.05, 0) is 42.5 Å². The Hall–Kier alpha value is -4.46. The van der Waals surface area contributed by atoms with E-state index in [1.807, 2.05) is 0 Å². The second-order valence-electron chi connectivity index (χ2n) is 6.90. The number of carbonyl (C=O) groups excluding carboxylic acids is 4. The van der Waals surface area contributed by atoms with Gasteiger partial charge in [-0.3, -0.25) is 14.4 Å². The first-order valence-corrected chi connectivity index (χ1v) is 9.67. The molecule has 0 unspecified atom stereocenters. The summed E-state index contributed by atoms with van der Waals surface area (Å²) in [6.07, 6.45) is 0. The predicted octanol–water partition coefficient (Wildman–Crippen LogP) is 3.29. The second-order valence-corrected chi connectivity index (χ2v) is 6.90. The van der Waals surface area contributed by atoms with Gasteiger partial charge in [0.05, 0.1) is 29.5 Å². The van der Waals surface area contributed by atoms with Crippen LogP contribution in [-0.4, -0.2) is 37.4 Å². The van der Waals surface area contributed by atoms with Crippen molar-refractivity contribution in [1.82, 2.24) is 0 Å². The summed E-state index contributed by atoms with van der Waals surface area (Å²) in [4.78, 5) is 50.9. The highest BCUT2D eigenvalue weighted by atomic mass is 16.5. The largest absolute Gasteiger partial charge is 0.497 e. The number of ether oxygens (including phenoxy) is 2. The molecule has 3 aromatic carbocycles. The number of anilines is 2. The Morgan fingerprint density at radius 1 is 0.875 bits per heavy atom. The van der Waals surface area contributed by atoms with Crippen molar-refractivity contribution in [1.29, 1.82) is 0 Å². The van der Waals surface area contributed by atoms with Crippen LogP contribution in [0.1, 0.15) is 31.1 Å². The minimum Gasteiger partial charge on any atom is -0.497 e. The Morgan fingerprint density at radius 2 is 1.56 bits per heavy atom. The molecule has 32 heavy (non-hydrogen) atoms. The van der Waals surface area contributed by atoms with E-state index in [0.717, 1.165) is 4.90 Å². The average molecular weight is 430 g/mol. The Kier molecular flexibility index (Phi) is 5.67. The average Bonchev–Trinajstić information content (AvgIpc) is 3.08. The van der Waals surface area contributed by atoms with Crippen LogP contribution in [0, 0.1) is 0 Å². The summed E-state index contributed by atoms with van der Waals surface area (Å²) in [6, 6.07) is 19.2. The smallest absolute Gasteiger partial charge is 0.338 e. The Bertz CT molecular complexity index is 1200. The number of amides is 3. The van der Waals surface area contributed by atoms with Gasteiger partial charge in [-0.2, -0.15) is 0 Å². The lowest BCUT2D eigenvalue weighted by molar-refractivity contribution is -0.119. The lowest BCUT2D eigenvalue weighted by Gasteiger charge is -2.15. The number of hydrogen-bond acceptors (Lipinski definition) is 6. The highest BCUT2D eigenvalue weighted by Crippen LogP contribution is 2.28. The number of carbonyl (C=O) groups is 4. The van der Waals surface area contributed by atoms with Crippen LogP contribution in [0.5, 0.6) is 5.75 Å². The van der Waals surface area contributed by atoms with Crippen LogP contribution in [0.4, 0.5) is 11.4 Å². The highest BCUT2D eigenvalue weighted by molar-refractivity contribution is 6.34. The molecule has 0 bridgehead atoms. The monoisotopic (exact) mass is 430 g/mol. The van der Waals surface area contributed by atoms with Crippen LogP contribution >= 0.6 is 0 Å². The maximum atomic E-state index is 12.7. The SMILES string of the molecule is COc1cccc(NC(=O)COC(=O)c2cccc(N3C(=O)c4ccccc4C3=O)c2)c1. The molecule has 8 nitrogen and oxygen atoms in total. The van der Waals surface area contributed by atoms with Crippen molar-refractivity contribution >= 4 is 35.1 Å². The van der Waals surface area contributed by atoms with Crippen LogP contribution < -0.4 is 15.0 Å². The third-order valence-corrected chi connectivity index (χ3v) is 4.82. The van der Waals surface area contributed by atoms with E-state index in [1.54, 1.807) is 54.6 Å². The van der Waals surface area contributed by atoms with Gasteiger partial charge in [-0.25, -0.2) is 9.69 Å². The molecule has 0 spiro atoms. The predicted molar refractivity (Wildman–Crippen MR) is 116 cm³/mol. The summed E-state index contributed by atoms with van der Waals surface area (Å²) < 4.78 is 10.2. The van der Waals surface area contributed by atoms with Crippen molar-refractivity contribution in [2.75, 3.05) is 23.9 Å².